The lowest BCUT2D eigenvalue weighted by Crippen LogP contribution is -1.98. The Balaban J connectivity index is 1.88. The summed E-state index contributed by atoms with van der Waals surface area (Å²) < 4.78 is 2.07. The summed E-state index contributed by atoms with van der Waals surface area (Å²) >= 11 is 0. The molecular weight excluding hydrogens is 282 g/mol. The number of aryl methyl sites for hydroxylation is 1. The van der Waals surface area contributed by atoms with Gasteiger partial charge in [-0.15, -0.1) is 0 Å². The molecule has 0 saturated carbocycles. The van der Waals surface area contributed by atoms with Gasteiger partial charge in [0.1, 0.15) is 0 Å². The fourth-order valence-electron chi connectivity index (χ4n) is 3.12. The molecular formula is C20H25N3. The SMILES string of the molecule is CCCCCCn1cc(-c2ccc(CN)c3ccccc23)cn1. The van der Waals surface area contributed by atoms with Gasteiger partial charge in [0.2, 0.25) is 0 Å². The number of hydrogen-bond donors (Lipinski definition) is 1. The standard InChI is InChI=1S/C20H25N3/c1-2-3-4-7-12-23-15-17(14-22-23)19-11-10-16(13-21)18-8-5-6-9-20(18)19/h5-6,8-11,14-15H,2-4,7,12-13,21H2,1H3. The summed E-state index contributed by atoms with van der Waals surface area (Å²) in [6, 6.07) is 12.8. The molecule has 2 N–H and O–H groups in total. The van der Waals surface area contributed by atoms with Crippen LogP contribution in [-0.2, 0) is 13.1 Å². The smallest absolute Gasteiger partial charge is 0.0568 e. The van der Waals surface area contributed by atoms with Crippen LogP contribution in [0, 0.1) is 0 Å². The van der Waals surface area contributed by atoms with E-state index in [9.17, 15) is 0 Å². The normalized spacial score (nSPS) is 11.2. The van der Waals surface area contributed by atoms with Gasteiger partial charge < -0.3 is 5.73 Å². The second kappa shape index (κ2) is 7.42. The average Bonchev–Trinajstić information content (AvgIpc) is 3.06. The summed E-state index contributed by atoms with van der Waals surface area (Å²) in [6.07, 6.45) is 9.18. The Morgan fingerprint density at radius 1 is 1.00 bits per heavy atom. The number of nitrogens with zero attached hydrogens (tertiary/aromatic N) is 2. The first kappa shape index (κ1) is 15.8. The van der Waals surface area contributed by atoms with Gasteiger partial charge in [0.25, 0.3) is 0 Å². The Hall–Kier alpha value is -2.13. The molecule has 3 rings (SSSR count). The summed E-state index contributed by atoms with van der Waals surface area (Å²) in [4.78, 5) is 0. The highest BCUT2D eigenvalue weighted by molar-refractivity contribution is 5.98. The highest BCUT2D eigenvalue weighted by Gasteiger charge is 2.08. The highest BCUT2D eigenvalue weighted by atomic mass is 15.3. The molecule has 0 fully saturated rings. The lowest BCUT2D eigenvalue weighted by Gasteiger charge is -2.09. The molecule has 3 heteroatoms. The minimum absolute atomic E-state index is 0.567. The fraction of sp³-hybridized carbons (Fsp3) is 0.350. The molecule has 0 bridgehead atoms. The van der Waals surface area contributed by atoms with E-state index in [0.29, 0.717) is 6.54 Å². The van der Waals surface area contributed by atoms with Crippen LogP contribution in [0.15, 0.2) is 48.8 Å². The number of nitrogens with two attached hydrogens (primary N) is 1. The van der Waals surface area contributed by atoms with E-state index >= 15 is 0 Å². The first-order valence-electron chi connectivity index (χ1n) is 8.57. The van der Waals surface area contributed by atoms with Gasteiger partial charge in [-0.05, 0) is 28.3 Å². The number of aromatic nitrogens is 2. The number of benzene rings is 2. The topological polar surface area (TPSA) is 43.8 Å². The van der Waals surface area contributed by atoms with Crippen LogP contribution in [0.4, 0.5) is 0 Å². The van der Waals surface area contributed by atoms with E-state index in [0.717, 1.165) is 6.54 Å². The summed E-state index contributed by atoms with van der Waals surface area (Å²) in [5, 5.41) is 7.02. The van der Waals surface area contributed by atoms with Crippen molar-refractivity contribution in [1.82, 2.24) is 9.78 Å². The fourth-order valence-corrected chi connectivity index (χ4v) is 3.12. The van der Waals surface area contributed by atoms with Gasteiger partial charge in [0, 0.05) is 24.8 Å². The summed E-state index contributed by atoms with van der Waals surface area (Å²) in [7, 11) is 0. The Labute approximate surface area is 138 Å². The van der Waals surface area contributed by atoms with E-state index in [4.69, 9.17) is 5.73 Å². The first-order chi connectivity index (χ1) is 11.3. The Kier molecular flexibility index (Phi) is 5.09. The van der Waals surface area contributed by atoms with Crippen molar-refractivity contribution in [3.63, 3.8) is 0 Å². The van der Waals surface area contributed by atoms with Crippen molar-refractivity contribution in [1.29, 1.82) is 0 Å². The van der Waals surface area contributed by atoms with Crippen LogP contribution in [0.2, 0.25) is 0 Å². The van der Waals surface area contributed by atoms with Gasteiger partial charge in [-0.2, -0.15) is 5.10 Å². The zero-order valence-electron chi connectivity index (χ0n) is 13.8. The third kappa shape index (κ3) is 3.45. The molecule has 1 heterocycles. The molecule has 0 atom stereocenters. The van der Waals surface area contributed by atoms with Crippen molar-refractivity contribution < 1.29 is 0 Å². The van der Waals surface area contributed by atoms with Crippen LogP contribution >= 0.6 is 0 Å². The molecule has 3 aromatic rings. The van der Waals surface area contributed by atoms with Gasteiger partial charge in [-0.3, -0.25) is 4.68 Å². The largest absolute Gasteiger partial charge is 0.326 e. The Morgan fingerprint density at radius 3 is 2.61 bits per heavy atom. The summed E-state index contributed by atoms with van der Waals surface area (Å²) in [6.45, 7) is 3.80. The highest BCUT2D eigenvalue weighted by Crippen LogP contribution is 2.30. The monoisotopic (exact) mass is 307 g/mol. The number of rotatable bonds is 7. The van der Waals surface area contributed by atoms with Gasteiger partial charge in [-0.25, -0.2) is 0 Å². The first-order valence-corrected chi connectivity index (χ1v) is 8.57. The third-order valence-electron chi connectivity index (χ3n) is 4.42. The molecule has 0 saturated heterocycles. The van der Waals surface area contributed by atoms with Crippen molar-refractivity contribution in [3.05, 3.63) is 54.4 Å². The molecule has 0 aliphatic rings. The van der Waals surface area contributed by atoms with Crippen LogP contribution in [0.1, 0.15) is 38.2 Å². The average molecular weight is 307 g/mol. The molecule has 120 valence electrons. The van der Waals surface area contributed by atoms with Crippen LogP contribution in [0.25, 0.3) is 21.9 Å². The molecule has 2 aromatic carbocycles. The van der Waals surface area contributed by atoms with Crippen LogP contribution in [0.5, 0.6) is 0 Å². The maximum atomic E-state index is 5.87. The molecule has 23 heavy (non-hydrogen) atoms. The van der Waals surface area contributed by atoms with E-state index in [2.05, 4.69) is 59.3 Å². The van der Waals surface area contributed by atoms with Crippen LogP contribution in [-0.4, -0.2) is 9.78 Å². The van der Waals surface area contributed by atoms with Gasteiger partial charge >= 0.3 is 0 Å². The number of unbranched alkanes of at least 4 members (excludes halogenated alkanes) is 3. The predicted molar refractivity (Wildman–Crippen MR) is 97.2 cm³/mol. The molecule has 3 nitrogen and oxygen atoms in total. The minimum Gasteiger partial charge on any atom is -0.326 e. The maximum Gasteiger partial charge on any atom is 0.0568 e. The molecule has 0 spiro atoms. The Morgan fingerprint density at radius 2 is 1.83 bits per heavy atom. The van der Waals surface area contributed by atoms with Crippen LogP contribution < -0.4 is 5.73 Å². The summed E-state index contributed by atoms with van der Waals surface area (Å²) in [5.74, 6) is 0. The second-order valence-electron chi connectivity index (χ2n) is 6.07. The van der Waals surface area contributed by atoms with E-state index in [1.807, 2.05) is 6.20 Å². The van der Waals surface area contributed by atoms with E-state index < -0.39 is 0 Å². The molecule has 0 aliphatic carbocycles. The van der Waals surface area contributed by atoms with Gasteiger partial charge in [0.05, 0.1) is 6.20 Å². The lowest BCUT2D eigenvalue weighted by molar-refractivity contribution is 0.541. The zero-order valence-corrected chi connectivity index (χ0v) is 13.8. The van der Waals surface area contributed by atoms with Crippen molar-refractivity contribution in [2.75, 3.05) is 0 Å². The second-order valence-corrected chi connectivity index (χ2v) is 6.07. The number of fused-ring (bicyclic) bond motifs is 1. The van der Waals surface area contributed by atoms with E-state index in [1.165, 1.54) is 53.1 Å². The zero-order chi connectivity index (χ0) is 16.1. The van der Waals surface area contributed by atoms with Gasteiger partial charge in [0.15, 0.2) is 0 Å². The summed E-state index contributed by atoms with van der Waals surface area (Å²) in [5.41, 5.74) is 9.48. The molecule has 0 radical (unpaired) electrons. The van der Waals surface area contributed by atoms with Crippen molar-refractivity contribution in [2.45, 2.75) is 45.7 Å². The van der Waals surface area contributed by atoms with Crippen LogP contribution in [0.3, 0.4) is 0 Å². The Bertz CT molecular complexity index is 773. The van der Waals surface area contributed by atoms with E-state index in [1.54, 1.807) is 0 Å². The number of hydrogen-bond acceptors (Lipinski definition) is 2. The quantitative estimate of drug-likeness (QED) is 0.641. The van der Waals surface area contributed by atoms with Crippen molar-refractivity contribution in [2.24, 2.45) is 5.73 Å². The predicted octanol–water partition coefficient (Wildman–Crippen LogP) is 4.74. The molecule has 0 unspecified atom stereocenters. The molecule has 1 aromatic heterocycles. The third-order valence-corrected chi connectivity index (χ3v) is 4.42. The molecule has 0 amide bonds. The van der Waals surface area contributed by atoms with E-state index in [-0.39, 0.29) is 0 Å². The van der Waals surface area contributed by atoms with Crippen molar-refractivity contribution in [3.8, 4) is 11.1 Å². The lowest BCUT2D eigenvalue weighted by atomic mass is 9.97. The molecule has 0 aliphatic heterocycles. The van der Waals surface area contributed by atoms with Gasteiger partial charge in [-0.1, -0.05) is 62.6 Å². The van der Waals surface area contributed by atoms with Crippen molar-refractivity contribution >= 4 is 10.8 Å². The minimum atomic E-state index is 0.567. The maximum absolute atomic E-state index is 5.87.